The van der Waals surface area contributed by atoms with Crippen LogP contribution in [0.5, 0.6) is 0 Å². The van der Waals surface area contributed by atoms with Crippen molar-refractivity contribution in [1.82, 2.24) is 20.2 Å². The average molecular weight is 274 g/mol. The van der Waals surface area contributed by atoms with Gasteiger partial charge in [-0.2, -0.15) is 0 Å². The van der Waals surface area contributed by atoms with E-state index in [0.717, 1.165) is 0 Å². The number of hydrogen-bond donors (Lipinski definition) is 1. The van der Waals surface area contributed by atoms with Crippen molar-refractivity contribution in [3.8, 4) is 0 Å². The summed E-state index contributed by atoms with van der Waals surface area (Å²) in [6, 6.07) is 0. The van der Waals surface area contributed by atoms with Crippen molar-refractivity contribution >= 4 is 15.8 Å². The molecular formula is C9H14N4O4S. The molecule has 1 aromatic heterocycles. The minimum absolute atomic E-state index is 0.0439. The van der Waals surface area contributed by atoms with Gasteiger partial charge in [0.25, 0.3) is 0 Å². The van der Waals surface area contributed by atoms with Crippen LogP contribution in [0.3, 0.4) is 0 Å². The number of aryl methyl sites for hydroxylation is 1. The second-order valence-corrected chi connectivity index (χ2v) is 6.59. The molecule has 0 aromatic carbocycles. The maximum atomic E-state index is 11.4. The molecule has 1 aromatic rings. The first-order valence-corrected chi connectivity index (χ1v) is 7.48. The summed E-state index contributed by atoms with van der Waals surface area (Å²) in [5.41, 5.74) is 0. The van der Waals surface area contributed by atoms with Gasteiger partial charge in [-0.1, -0.05) is 0 Å². The SMILES string of the molecule is O=C(O)CCCn1nnnc1C1CCS(=O)(=O)C1. The van der Waals surface area contributed by atoms with Crippen LogP contribution in [0.1, 0.15) is 31.0 Å². The molecule has 1 fully saturated rings. The van der Waals surface area contributed by atoms with Gasteiger partial charge in [0.2, 0.25) is 0 Å². The zero-order valence-electron chi connectivity index (χ0n) is 9.69. The van der Waals surface area contributed by atoms with Gasteiger partial charge in [-0.15, -0.1) is 5.10 Å². The Hall–Kier alpha value is -1.51. The number of nitrogens with zero attached hydrogens (tertiary/aromatic N) is 4. The quantitative estimate of drug-likeness (QED) is 0.765. The first kappa shape index (κ1) is 12.9. The molecule has 0 radical (unpaired) electrons. The van der Waals surface area contributed by atoms with Gasteiger partial charge in [-0.25, -0.2) is 13.1 Å². The van der Waals surface area contributed by atoms with Crippen molar-refractivity contribution in [2.24, 2.45) is 0 Å². The number of carboxylic acid groups (broad SMARTS) is 1. The Morgan fingerprint density at radius 2 is 2.28 bits per heavy atom. The fourth-order valence-electron chi connectivity index (χ4n) is 2.04. The molecule has 18 heavy (non-hydrogen) atoms. The lowest BCUT2D eigenvalue weighted by Gasteiger charge is -2.07. The van der Waals surface area contributed by atoms with Crippen molar-refractivity contribution in [2.45, 2.75) is 31.7 Å². The summed E-state index contributed by atoms with van der Waals surface area (Å²) in [7, 11) is -2.98. The van der Waals surface area contributed by atoms with Gasteiger partial charge >= 0.3 is 5.97 Å². The summed E-state index contributed by atoms with van der Waals surface area (Å²) in [4.78, 5) is 10.4. The van der Waals surface area contributed by atoms with Crippen molar-refractivity contribution in [3.05, 3.63) is 5.82 Å². The monoisotopic (exact) mass is 274 g/mol. The summed E-state index contributed by atoms with van der Waals surface area (Å²) >= 11 is 0. The van der Waals surface area contributed by atoms with E-state index < -0.39 is 15.8 Å². The summed E-state index contributed by atoms with van der Waals surface area (Å²) in [5, 5.41) is 19.7. The molecule has 8 nitrogen and oxygen atoms in total. The van der Waals surface area contributed by atoms with Gasteiger partial charge < -0.3 is 5.11 Å². The molecule has 1 saturated heterocycles. The fraction of sp³-hybridized carbons (Fsp3) is 0.778. The smallest absolute Gasteiger partial charge is 0.303 e. The predicted octanol–water partition coefficient (Wildman–Crippen LogP) is -0.560. The Balaban J connectivity index is 2.02. The van der Waals surface area contributed by atoms with Crippen LogP contribution in [-0.4, -0.2) is 51.2 Å². The molecule has 1 N–H and O–H groups in total. The van der Waals surface area contributed by atoms with E-state index in [0.29, 0.717) is 25.2 Å². The highest BCUT2D eigenvalue weighted by Gasteiger charge is 2.32. The van der Waals surface area contributed by atoms with Crippen LogP contribution in [0.2, 0.25) is 0 Å². The molecule has 1 aliphatic heterocycles. The lowest BCUT2D eigenvalue weighted by molar-refractivity contribution is -0.137. The Morgan fingerprint density at radius 1 is 1.50 bits per heavy atom. The van der Waals surface area contributed by atoms with Crippen molar-refractivity contribution in [2.75, 3.05) is 11.5 Å². The highest BCUT2D eigenvalue weighted by Crippen LogP contribution is 2.26. The first-order valence-electron chi connectivity index (χ1n) is 5.66. The Labute approximate surface area is 104 Å². The molecular weight excluding hydrogens is 260 g/mol. The third kappa shape index (κ3) is 3.03. The maximum Gasteiger partial charge on any atom is 0.303 e. The van der Waals surface area contributed by atoms with Crippen LogP contribution in [-0.2, 0) is 21.2 Å². The number of aliphatic carboxylic acids is 1. The number of carbonyl (C=O) groups is 1. The summed E-state index contributed by atoms with van der Waals surface area (Å²) in [5.74, 6) is -0.254. The van der Waals surface area contributed by atoms with Crippen LogP contribution >= 0.6 is 0 Å². The summed E-state index contributed by atoms with van der Waals surface area (Å²) < 4.78 is 24.3. The van der Waals surface area contributed by atoms with Crippen LogP contribution in [0.15, 0.2) is 0 Å². The van der Waals surface area contributed by atoms with Gasteiger partial charge in [0.15, 0.2) is 15.7 Å². The molecule has 0 bridgehead atoms. The molecule has 9 heteroatoms. The Kier molecular flexibility index (Phi) is 3.60. The number of tetrazole rings is 1. The molecule has 0 saturated carbocycles. The normalized spacial score (nSPS) is 22.1. The molecule has 100 valence electrons. The fourth-order valence-corrected chi connectivity index (χ4v) is 3.78. The van der Waals surface area contributed by atoms with E-state index in [1.807, 2.05) is 0 Å². The van der Waals surface area contributed by atoms with E-state index in [-0.39, 0.29) is 23.8 Å². The first-order chi connectivity index (χ1) is 8.48. The largest absolute Gasteiger partial charge is 0.481 e. The molecule has 1 atom stereocenters. The van der Waals surface area contributed by atoms with Crippen LogP contribution < -0.4 is 0 Å². The van der Waals surface area contributed by atoms with E-state index in [9.17, 15) is 13.2 Å². The second kappa shape index (κ2) is 5.01. The lowest BCUT2D eigenvalue weighted by Crippen LogP contribution is -2.13. The maximum absolute atomic E-state index is 11.4. The zero-order chi connectivity index (χ0) is 13.2. The molecule has 0 spiro atoms. The molecule has 0 aliphatic carbocycles. The lowest BCUT2D eigenvalue weighted by atomic mass is 10.1. The van der Waals surface area contributed by atoms with E-state index in [1.54, 1.807) is 0 Å². The van der Waals surface area contributed by atoms with Crippen molar-refractivity contribution in [1.29, 1.82) is 0 Å². The second-order valence-electron chi connectivity index (χ2n) is 4.36. The van der Waals surface area contributed by atoms with Crippen LogP contribution in [0, 0.1) is 0 Å². The minimum atomic E-state index is -2.98. The third-order valence-electron chi connectivity index (χ3n) is 2.92. The number of rotatable bonds is 5. The van der Waals surface area contributed by atoms with Crippen molar-refractivity contribution in [3.63, 3.8) is 0 Å². The standard InChI is InChI=1S/C9H14N4O4S/c14-8(15)2-1-4-13-9(10-11-12-13)7-3-5-18(16,17)6-7/h7H,1-6H2,(H,14,15). The van der Waals surface area contributed by atoms with E-state index in [4.69, 9.17) is 5.11 Å². The molecule has 2 heterocycles. The topological polar surface area (TPSA) is 115 Å². The van der Waals surface area contributed by atoms with E-state index >= 15 is 0 Å². The summed E-state index contributed by atoms with van der Waals surface area (Å²) in [6.45, 7) is 0.394. The highest BCUT2D eigenvalue weighted by molar-refractivity contribution is 7.91. The summed E-state index contributed by atoms with van der Waals surface area (Å²) in [6.07, 6.45) is 0.997. The number of aromatic nitrogens is 4. The van der Waals surface area contributed by atoms with E-state index in [1.165, 1.54) is 4.68 Å². The van der Waals surface area contributed by atoms with Gasteiger partial charge in [0, 0.05) is 18.9 Å². The van der Waals surface area contributed by atoms with Gasteiger partial charge in [-0.05, 0) is 23.3 Å². The molecule has 1 aliphatic rings. The Bertz CT molecular complexity index is 539. The number of sulfone groups is 1. The van der Waals surface area contributed by atoms with Crippen molar-refractivity contribution < 1.29 is 18.3 Å². The van der Waals surface area contributed by atoms with Gasteiger partial charge in [0.1, 0.15) is 0 Å². The minimum Gasteiger partial charge on any atom is -0.481 e. The zero-order valence-corrected chi connectivity index (χ0v) is 10.5. The van der Waals surface area contributed by atoms with E-state index in [2.05, 4.69) is 15.5 Å². The third-order valence-corrected chi connectivity index (χ3v) is 4.69. The van der Waals surface area contributed by atoms with Crippen LogP contribution in [0.25, 0.3) is 0 Å². The Morgan fingerprint density at radius 3 is 2.89 bits per heavy atom. The molecule has 1 unspecified atom stereocenters. The number of hydrogen-bond acceptors (Lipinski definition) is 6. The van der Waals surface area contributed by atoms with Crippen LogP contribution in [0.4, 0.5) is 0 Å². The highest BCUT2D eigenvalue weighted by atomic mass is 32.2. The molecule has 2 rings (SSSR count). The number of carboxylic acids is 1. The predicted molar refractivity (Wildman–Crippen MR) is 60.7 cm³/mol. The van der Waals surface area contributed by atoms with Gasteiger partial charge in [-0.3, -0.25) is 4.79 Å². The average Bonchev–Trinajstić information content (AvgIpc) is 2.84. The molecule has 0 amide bonds. The van der Waals surface area contributed by atoms with Gasteiger partial charge in [0.05, 0.1) is 11.5 Å².